The summed E-state index contributed by atoms with van der Waals surface area (Å²) in [5, 5.41) is 5.17. The summed E-state index contributed by atoms with van der Waals surface area (Å²) in [5.74, 6) is -0.954. The fourth-order valence-electron chi connectivity index (χ4n) is 1.89. The molecule has 0 bridgehead atoms. The molecular formula is C16H16FN3O2. The molecule has 0 spiro atoms. The van der Waals surface area contributed by atoms with E-state index in [1.807, 2.05) is 0 Å². The molecule has 0 aliphatic heterocycles. The molecule has 0 fully saturated rings. The molecule has 0 aliphatic rings. The van der Waals surface area contributed by atoms with Crippen molar-refractivity contribution in [1.29, 1.82) is 0 Å². The molecule has 0 heterocycles. The minimum absolute atomic E-state index is 0.0626. The van der Waals surface area contributed by atoms with Crippen molar-refractivity contribution in [1.82, 2.24) is 5.32 Å². The van der Waals surface area contributed by atoms with E-state index < -0.39 is 11.9 Å². The van der Waals surface area contributed by atoms with Crippen molar-refractivity contribution < 1.29 is 14.0 Å². The molecule has 0 unspecified atom stereocenters. The van der Waals surface area contributed by atoms with E-state index in [-0.39, 0.29) is 12.4 Å². The summed E-state index contributed by atoms with van der Waals surface area (Å²) in [4.78, 5) is 23.0. The second-order valence-corrected chi connectivity index (χ2v) is 4.79. The van der Waals surface area contributed by atoms with Crippen molar-refractivity contribution in [3.05, 3.63) is 65.0 Å². The van der Waals surface area contributed by atoms with Gasteiger partial charge in [0.1, 0.15) is 5.82 Å². The van der Waals surface area contributed by atoms with Crippen molar-refractivity contribution in [3.63, 3.8) is 0 Å². The molecule has 3 amide bonds. The highest BCUT2D eigenvalue weighted by molar-refractivity contribution is 5.96. The molecule has 114 valence electrons. The highest BCUT2D eigenvalue weighted by Crippen LogP contribution is 2.16. The first-order valence-electron chi connectivity index (χ1n) is 6.66. The topological polar surface area (TPSA) is 84.2 Å². The van der Waals surface area contributed by atoms with Gasteiger partial charge in [-0.3, -0.25) is 4.79 Å². The van der Waals surface area contributed by atoms with Crippen LogP contribution in [0.5, 0.6) is 0 Å². The third-order valence-electron chi connectivity index (χ3n) is 3.17. The minimum atomic E-state index is -0.574. The molecule has 0 saturated heterocycles. The molecule has 6 heteroatoms. The van der Waals surface area contributed by atoms with Gasteiger partial charge in [0.25, 0.3) is 0 Å². The fourth-order valence-corrected chi connectivity index (χ4v) is 1.89. The molecule has 0 aliphatic carbocycles. The summed E-state index contributed by atoms with van der Waals surface area (Å²) >= 11 is 0. The molecule has 0 saturated carbocycles. The number of primary amides is 1. The zero-order valence-electron chi connectivity index (χ0n) is 12.0. The van der Waals surface area contributed by atoms with Gasteiger partial charge in [-0.2, -0.15) is 0 Å². The Hall–Kier alpha value is -2.89. The van der Waals surface area contributed by atoms with E-state index in [1.165, 1.54) is 12.1 Å². The number of nitrogens with two attached hydrogens (primary N) is 1. The molecule has 0 atom stereocenters. The van der Waals surface area contributed by atoms with E-state index in [1.54, 1.807) is 37.3 Å². The molecule has 22 heavy (non-hydrogen) atoms. The highest BCUT2D eigenvalue weighted by atomic mass is 19.1. The van der Waals surface area contributed by atoms with E-state index in [4.69, 9.17) is 5.73 Å². The SMILES string of the molecule is Cc1ccc(C(N)=O)cc1NC(=O)NCc1ccccc1F. The summed E-state index contributed by atoms with van der Waals surface area (Å²) in [6.45, 7) is 1.85. The highest BCUT2D eigenvalue weighted by Gasteiger charge is 2.08. The van der Waals surface area contributed by atoms with E-state index in [9.17, 15) is 14.0 Å². The predicted octanol–water partition coefficient (Wildman–Crippen LogP) is 2.55. The smallest absolute Gasteiger partial charge is 0.319 e. The summed E-state index contributed by atoms with van der Waals surface area (Å²) < 4.78 is 13.4. The average Bonchev–Trinajstić information content (AvgIpc) is 2.48. The molecule has 0 radical (unpaired) electrons. The summed E-state index contributed by atoms with van der Waals surface area (Å²) in [5.41, 5.74) is 7.15. The van der Waals surface area contributed by atoms with E-state index in [2.05, 4.69) is 10.6 Å². The van der Waals surface area contributed by atoms with E-state index >= 15 is 0 Å². The van der Waals surface area contributed by atoms with Gasteiger partial charge in [0.05, 0.1) is 0 Å². The Morgan fingerprint density at radius 3 is 2.59 bits per heavy atom. The number of amides is 3. The van der Waals surface area contributed by atoms with Gasteiger partial charge in [0, 0.05) is 23.4 Å². The fraction of sp³-hybridized carbons (Fsp3) is 0.125. The normalized spacial score (nSPS) is 10.1. The molecular weight excluding hydrogens is 285 g/mol. The number of halogens is 1. The first-order chi connectivity index (χ1) is 10.5. The summed E-state index contributed by atoms with van der Waals surface area (Å²) in [7, 11) is 0. The lowest BCUT2D eigenvalue weighted by Crippen LogP contribution is -2.29. The number of aryl methyl sites for hydroxylation is 1. The maximum Gasteiger partial charge on any atom is 0.319 e. The number of carbonyl (C=O) groups excluding carboxylic acids is 2. The van der Waals surface area contributed by atoms with E-state index in [0.29, 0.717) is 16.8 Å². The Labute approximate surface area is 127 Å². The number of rotatable bonds is 4. The van der Waals surface area contributed by atoms with Crippen LogP contribution in [0, 0.1) is 12.7 Å². The quantitative estimate of drug-likeness (QED) is 0.811. The maximum atomic E-state index is 13.4. The Morgan fingerprint density at radius 2 is 1.91 bits per heavy atom. The lowest BCUT2D eigenvalue weighted by Gasteiger charge is -2.11. The molecule has 2 aromatic carbocycles. The van der Waals surface area contributed by atoms with Crippen molar-refractivity contribution in [2.24, 2.45) is 5.73 Å². The van der Waals surface area contributed by atoms with Crippen LogP contribution in [0.1, 0.15) is 21.5 Å². The Balaban J connectivity index is 2.02. The zero-order valence-corrected chi connectivity index (χ0v) is 12.0. The number of benzene rings is 2. The van der Waals surface area contributed by atoms with Crippen molar-refractivity contribution >= 4 is 17.6 Å². The van der Waals surface area contributed by atoms with Gasteiger partial charge < -0.3 is 16.4 Å². The first kappa shape index (κ1) is 15.5. The lowest BCUT2D eigenvalue weighted by molar-refractivity contribution is 0.100. The second-order valence-electron chi connectivity index (χ2n) is 4.79. The molecule has 4 N–H and O–H groups in total. The number of carbonyl (C=O) groups is 2. The van der Waals surface area contributed by atoms with Gasteiger partial charge in [-0.1, -0.05) is 24.3 Å². The average molecular weight is 301 g/mol. The molecule has 0 aromatic heterocycles. The number of hydrogen-bond donors (Lipinski definition) is 3. The zero-order chi connectivity index (χ0) is 16.1. The predicted molar refractivity (Wildman–Crippen MR) is 82.0 cm³/mol. The Bertz CT molecular complexity index is 716. The van der Waals surface area contributed by atoms with Crippen LogP contribution < -0.4 is 16.4 Å². The van der Waals surface area contributed by atoms with Gasteiger partial charge in [-0.15, -0.1) is 0 Å². The number of urea groups is 1. The number of nitrogens with one attached hydrogen (secondary N) is 2. The van der Waals surface area contributed by atoms with Crippen LogP contribution in [0.4, 0.5) is 14.9 Å². The Morgan fingerprint density at radius 1 is 1.18 bits per heavy atom. The van der Waals surface area contributed by atoms with Crippen molar-refractivity contribution in [2.75, 3.05) is 5.32 Å². The second kappa shape index (κ2) is 6.71. The molecule has 2 rings (SSSR count). The Kier molecular flexibility index (Phi) is 4.73. The van der Waals surface area contributed by atoms with Crippen LogP contribution in [0.25, 0.3) is 0 Å². The molecule has 2 aromatic rings. The van der Waals surface area contributed by atoms with Crippen LogP contribution in [-0.2, 0) is 6.54 Å². The third kappa shape index (κ3) is 3.82. The monoisotopic (exact) mass is 301 g/mol. The van der Waals surface area contributed by atoms with Crippen LogP contribution in [0.2, 0.25) is 0 Å². The third-order valence-corrected chi connectivity index (χ3v) is 3.17. The molecule has 5 nitrogen and oxygen atoms in total. The van der Waals surface area contributed by atoms with Gasteiger partial charge in [-0.05, 0) is 30.7 Å². The van der Waals surface area contributed by atoms with Gasteiger partial charge in [0.2, 0.25) is 5.91 Å². The van der Waals surface area contributed by atoms with Gasteiger partial charge >= 0.3 is 6.03 Å². The summed E-state index contributed by atoms with van der Waals surface area (Å²) in [6, 6.07) is 10.5. The van der Waals surface area contributed by atoms with E-state index in [0.717, 1.165) is 5.56 Å². The van der Waals surface area contributed by atoms with Gasteiger partial charge in [-0.25, -0.2) is 9.18 Å². The minimum Gasteiger partial charge on any atom is -0.366 e. The van der Waals surface area contributed by atoms with Crippen LogP contribution >= 0.6 is 0 Å². The number of hydrogen-bond acceptors (Lipinski definition) is 2. The standard InChI is InChI=1S/C16H16FN3O2/c1-10-6-7-11(15(18)21)8-14(10)20-16(22)19-9-12-4-2-3-5-13(12)17/h2-8H,9H2,1H3,(H2,18,21)(H2,19,20,22). The number of anilines is 1. The van der Waals surface area contributed by atoms with Crippen LogP contribution in [0.15, 0.2) is 42.5 Å². The van der Waals surface area contributed by atoms with Crippen LogP contribution in [-0.4, -0.2) is 11.9 Å². The van der Waals surface area contributed by atoms with Crippen LogP contribution in [0.3, 0.4) is 0 Å². The summed E-state index contributed by atoms with van der Waals surface area (Å²) in [6.07, 6.45) is 0. The first-order valence-corrected chi connectivity index (χ1v) is 6.66. The maximum absolute atomic E-state index is 13.4. The van der Waals surface area contributed by atoms with Crippen molar-refractivity contribution in [3.8, 4) is 0 Å². The van der Waals surface area contributed by atoms with Crippen molar-refractivity contribution in [2.45, 2.75) is 13.5 Å². The lowest BCUT2D eigenvalue weighted by atomic mass is 10.1. The van der Waals surface area contributed by atoms with Gasteiger partial charge in [0.15, 0.2) is 0 Å². The largest absolute Gasteiger partial charge is 0.366 e.